The molecule has 142 valence electrons. The molecule has 1 fully saturated rings. The fraction of sp³-hybridized carbons (Fsp3) is 0.235. The number of anilines is 2. The fourth-order valence-electron chi connectivity index (χ4n) is 2.62. The molecule has 3 rings (SSSR count). The number of rotatable bonds is 5. The van der Waals surface area contributed by atoms with Crippen LogP contribution in [0.25, 0.3) is 6.08 Å². The molecule has 1 aromatic heterocycles. The Bertz CT molecular complexity index is 921. The number of sulfonamides is 1. The van der Waals surface area contributed by atoms with Gasteiger partial charge in [-0.05, 0) is 24.3 Å². The molecular weight excluding hydrogens is 370 g/mol. The number of carbonyl (C=O) groups is 1. The van der Waals surface area contributed by atoms with Crippen molar-refractivity contribution in [3.05, 3.63) is 48.8 Å². The molecular formula is C17H19N5O4S. The van der Waals surface area contributed by atoms with Crippen LogP contribution in [0.4, 0.5) is 16.4 Å². The molecule has 27 heavy (non-hydrogen) atoms. The van der Waals surface area contributed by atoms with Gasteiger partial charge in [0.25, 0.3) is 0 Å². The minimum absolute atomic E-state index is 0.137. The summed E-state index contributed by atoms with van der Waals surface area (Å²) < 4.78 is 26.7. The van der Waals surface area contributed by atoms with Crippen molar-refractivity contribution in [3.8, 4) is 0 Å². The second-order valence-electron chi connectivity index (χ2n) is 5.87. The summed E-state index contributed by atoms with van der Waals surface area (Å²) in [6.45, 7) is 4.23. The number of benzene rings is 1. The molecule has 1 saturated heterocycles. The molecule has 0 bridgehead atoms. The van der Waals surface area contributed by atoms with E-state index in [4.69, 9.17) is 5.11 Å². The summed E-state index contributed by atoms with van der Waals surface area (Å²) in [6.07, 6.45) is 3.85. The zero-order valence-corrected chi connectivity index (χ0v) is 15.3. The third-order valence-corrected chi connectivity index (χ3v) is 6.08. The number of nitrogens with one attached hydrogen (secondary N) is 1. The van der Waals surface area contributed by atoms with Crippen LogP contribution < -0.4 is 5.32 Å². The molecule has 0 atom stereocenters. The number of piperazine rings is 1. The molecule has 2 N–H and O–H groups in total. The molecule has 9 nitrogen and oxygen atoms in total. The lowest BCUT2D eigenvalue weighted by molar-refractivity contribution is 0.126. The van der Waals surface area contributed by atoms with Gasteiger partial charge in [0.15, 0.2) is 0 Å². The van der Waals surface area contributed by atoms with Gasteiger partial charge in [0.1, 0.15) is 0 Å². The lowest BCUT2D eigenvalue weighted by atomic mass is 10.3. The van der Waals surface area contributed by atoms with Gasteiger partial charge in [-0.2, -0.15) is 4.31 Å². The van der Waals surface area contributed by atoms with Gasteiger partial charge in [-0.25, -0.2) is 23.2 Å². The Labute approximate surface area is 157 Å². The molecule has 2 heterocycles. The van der Waals surface area contributed by atoms with E-state index in [0.717, 1.165) is 5.56 Å². The van der Waals surface area contributed by atoms with Gasteiger partial charge < -0.3 is 15.3 Å². The van der Waals surface area contributed by atoms with Crippen molar-refractivity contribution in [1.82, 2.24) is 19.2 Å². The molecule has 1 amide bonds. The third-order valence-electron chi connectivity index (χ3n) is 4.16. The molecule has 1 aliphatic heterocycles. The van der Waals surface area contributed by atoms with Crippen molar-refractivity contribution in [2.75, 3.05) is 31.5 Å². The number of carboxylic acid groups (broad SMARTS) is 1. The molecule has 0 radical (unpaired) electrons. The predicted molar refractivity (Wildman–Crippen MR) is 100 cm³/mol. The lowest BCUT2D eigenvalue weighted by Crippen LogP contribution is -2.50. The summed E-state index contributed by atoms with van der Waals surface area (Å²) >= 11 is 0. The topological polar surface area (TPSA) is 116 Å². The Hall–Kier alpha value is -2.98. The maximum atomic E-state index is 12.7. The number of amides is 1. The second kappa shape index (κ2) is 7.72. The Balaban J connectivity index is 1.68. The molecule has 0 spiro atoms. The predicted octanol–water partition coefficient (Wildman–Crippen LogP) is 1.85. The summed E-state index contributed by atoms with van der Waals surface area (Å²) in [4.78, 5) is 20.6. The zero-order valence-electron chi connectivity index (χ0n) is 14.4. The van der Waals surface area contributed by atoms with Crippen LogP contribution in [0, 0.1) is 0 Å². The van der Waals surface area contributed by atoms with E-state index in [1.807, 2.05) is 0 Å². The van der Waals surface area contributed by atoms with Gasteiger partial charge in [0.05, 0.1) is 4.90 Å². The van der Waals surface area contributed by atoms with Crippen molar-refractivity contribution in [2.45, 2.75) is 4.90 Å². The summed E-state index contributed by atoms with van der Waals surface area (Å²) in [5.74, 6) is 0.390. The number of hydrogen-bond donors (Lipinski definition) is 2. The summed E-state index contributed by atoms with van der Waals surface area (Å²) in [7, 11) is -3.67. The van der Waals surface area contributed by atoms with E-state index in [0.29, 0.717) is 11.6 Å². The quantitative estimate of drug-likeness (QED) is 0.802. The minimum Gasteiger partial charge on any atom is -0.465 e. The second-order valence-corrected chi connectivity index (χ2v) is 7.81. The molecule has 0 unspecified atom stereocenters. The molecule has 0 aliphatic carbocycles. The van der Waals surface area contributed by atoms with E-state index < -0.39 is 16.1 Å². The van der Waals surface area contributed by atoms with Gasteiger partial charge in [0.2, 0.25) is 16.0 Å². The first-order valence-corrected chi connectivity index (χ1v) is 9.64. The van der Waals surface area contributed by atoms with Crippen LogP contribution in [0.2, 0.25) is 0 Å². The summed E-state index contributed by atoms with van der Waals surface area (Å²) in [6, 6.07) is 6.26. The average molecular weight is 389 g/mol. The summed E-state index contributed by atoms with van der Waals surface area (Å²) in [5.41, 5.74) is 1.45. The molecule has 1 aromatic carbocycles. The monoisotopic (exact) mass is 389 g/mol. The first-order valence-electron chi connectivity index (χ1n) is 8.20. The molecule has 2 aromatic rings. The van der Waals surface area contributed by atoms with Crippen LogP contribution in [-0.2, 0) is 10.0 Å². The van der Waals surface area contributed by atoms with E-state index in [2.05, 4.69) is 21.9 Å². The molecule has 1 aliphatic rings. The van der Waals surface area contributed by atoms with Gasteiger partial charge in [0, 0.05) is 49.8 Å². The first-order chi connectivity index (χ1) is 12.9. The van der Waals surface area contributed by atoms with E-state index in [-0.39, 0.29) is 31.1 Å². The lowest BCUT2D eigenvalue weighted by Gasteiger charge is -2.32. The largest absolute Gasteiger partial charge is 0.465 e. The molecule has 10 heteroatoms. The van der Waals surface area contributed by atoms with E-state index in [9.17, 15) is 13.2 Å². The summed E-state index contributed by atoms with van der Waals surface area (Å²) in [5, 5.41) is 12.0. The number of hydrogen-bond acceptors (Lipinski definition) is 6. The SMILES string of the molecule is C=Cc1cnc(Nc2ccc(S(=O)(=O)N3CCN(C(=O)O)CC3)cc2)nc1. The Morgan fingerprint density at radius 1 is 1.11 bits per heavy atom. The van der Waals surface area contributed by atoms with Crippen LogP contribution in [-0.4, -0.2) is 65.0 Å². The fourth-order valence-corrected chi connectivity index (χ4v) is 4.04. The normalized spacial score (nSPS) is 15.3. The van der Waals surface area contributed by atoms with Gasteiger partial charge in [-0.1, -0.05) is 12.7 Å². The highest BCUT2D eigenvalue weighted by Gasteiger charge is 2.29. The smallest absolute Gasteiger partial charge is 0.407 e. The number of aromatic nitrogens is 2. The highest BCUT2D eigenvalue weighted by Crippen LogP contribution is 2.21. The maximum absolute atomic E-state index is 12.7. The van der Waals surface area contributed by atoms with Crippen LogP contribution in [0.3, 0.4) is 0 Å². The van der Waals surface area contributed by atoms with E-state index >= 15 is 0 Å². The van der Waals surface area contributed by atoms with Gasteiger partial charge in [-0.15, -0.1) is 0 Å². The average Bonchev–Trinajstić information content (AvgIpc) is 2.69. The third kappa shape index (κ3) is 4.23. The van der Waals surface area contributed by atoms with Crippen molar-refractivity contribution in [3.63, 3.8) is 0 Å². The van der Waals surface area contributed by atoms with Crippen molar-refractivity contribution < 1.29 is 18.3 Å². The maximum Gasteiger partial charge on any atom is 0.407 e. The Morgan fingerprint density at radius 2 is 1.70 bits per heavy atom. The molecule has 0 saturated carbocycles. The Kier molecular flexibility index (Phi) is 5.38. The van der Waals surface area contributed by atoms with Gasteiger partial charge in [-0.3, -0.25) is 0 Å². The van der Waals surface area contributed by atoms with Crippen molar-refractivity contribution in [1.29, 1.82) is 0 Å². The number of nitrogens with zero attached hydrogens (tertiary/aromatic N) is 4. The van der Waals surface area contributed by atoms with Crippen molar-refractivity contribution in [2.24, 2.45) is 0 Å². The van der Waals surface area contributed by atoms with Gasteiger partial charge >= 0.3 is 6.09 Å². The first kappa shape index (κ1) is 18.8. The van der Waals surface area contributed by atoms with Crippen LogP contribution >= 0.6 is 0 Å². The van der Waals surface area contributed by atoms with E-state index in [1.165, 1.54) is 21.3 Å². The van der Waals surface area contributed by atoms with Crippen LogP contribution in [0.5, 0.6) is 0 Å². The highest BCUT2D eigenvalue weighted by molar-refractivity contribution is 7.89. The standard InChI is InChI=1S/C17H19N5O4S/c1-2-13-11-18-16(19-12-13)20-14-3-5-15(6-4-14)27(25,26)22-9-7-21(8-10-22)17(23)24/h2-6,11-12H,1,7-10H2,(H,23,24)(H,18,19,20). The highest BCUT2D eigenvalue weighted by atomic mass is 32.2. The van der Waals surface area contributed by atoms with Crippen LogP contribution in [0.1, 0.15) is 5.56 Å². The zero-order chi connectivity index (χ0) is 19.4. The van der Waals surface area contributed by atoms with E-state index in [1.54, 1.807) is 30.6 Å². The Morgan fingerprint density at radius 3 is 2.22 bits per heavy atom. The van der Waals surface area contributed by atoms with Crippen molar-refractivity contribution >= 4 is 33.8 Å². The van der Waals surface area contributed by atoms with Crippen LogP contribution in [0.15, 0.2) is 48.1 Å². The minimum atomic E-state index is -3.67.